The lowest BCUT2D eigenvalue weighted by Gasteiger charge is -2.26. The third-order valence-electron chi connectivity index (χ3n) is 12.5. The molecule has 290 valence electrons. The Labute approximate surface area is 356 Å². The highest BCUT2D eigenvalue weighted by atomic mass is 16.3. The normalized spacial score (nSPS) is 11.9. The Balaban J connectivity index is 0.935. The summed E-state index contributed by atoms with van der Waals surface area (Å²) in [6.07, 6.45) is 0. The number of para-hydroxylation sites is 2. The summed E-state index contributed by atoms with van der Waals surface area (Å²) in [4.78, 5) is 4.65. The van der Waals surface area contributed by atoms with Crippen molar-refractivity contribution in [1.82, 2.24) is 0 Å². The van der Waals surface area contributed by atoms with Gasteiger partial charge in [0.15, 0.2) is 0 Å². The summed E-state index contributed by atoms with van der Waals surface area (Å²) >= 11 is 0. The van der Waals surface area contributed by atoms with Crippen molar-refractivity contribution < 1.29 is 8.83 Å². The monoisotopic (exact) mass is 792 g/mol. The van der Waals surface area contributed by atoms with Crippen LogP contribution in [0.3, 0.4) is 0 Å². The quantitative estimate of drug-likeness (QED) is 0.168. The third-order valence-corrected chi connectivity index (χ3v) is 12.5. The topological polar surface area (TPSA) is 32.8 Å². The molecule has 0 saturated carbocycles. The number of nitrogens with zero attached hydrogens (tertiary/aromatic N) is 2. The van der Waals surface area contributed by atoms with Gasteiger partial charge in [-0.05, 0) is 152 Å². The summed E-state index contributed by atoms with van der Waals surface area (Å²) in [5.74, 6) is 0. The van der Waals surface area contributed by atoms with E-state index in [0.717, 1.165) is 99.5 Å². The molecular weight excluding hydrogens is 757 g/mol. The summed E-state index contributed by atoms with van der Waals surface area (Å²) in [5.41, 5.74) is 9.97. The molecule has 62 heavy (non-hydrogen) atoms. The molecule has 0 bridgehead atoms. The fourth-order valence-corrected chi connectivity index (χ4v) is 9.55. The predicted octanol–water partition coefficient (Wildman–Crippen LogP) is 17.0. The second-order valence-electron chi connectivity index (χ2n) is 16.2. The van der Waals surface area contributed by atoms with Gasteiger partial charge >= 0.3 is 0 Å². The average Bonchev–Trinajstić information content (AvgIpc) is 3.87. The molecule has 0 radical (unpaired) electrons. The molecular formula is C58H36N2O2. The first kappa shape index (κ1) is 34.5. The maximum Gasteiger partial charge on any atom is 0.136 e. The van der Waals surface area contributed by atoms with Crippen molar-refractivity contribution in [3.8, 4) is 0 Å². The summed E-state index contributed by atoms with van der Waals surface area (Å²) in [6, 6.07) is 78.0. The maximum absolute atomic E-state index is 6.68. The molecule has 0 atom stereocenters. The van der Waals surface area contributed by atoms with Crippen LogP contribution in [0, 0.1) is 0 Å². The van der Waals surface area contributed by atoms with Gasteiger partial charge in [-0.15, -0.1) is 0 Å². The lowest BCUT2D eigenvalue weighted by atomic mass is 10.00. The number of hydrogen-bond donors (Lipinski definition) is 0. The van der Waals surface area contributed by atoms with Crippen LogP contribution in [0.2, 0.25) is 0 Å². The first-order valence-electron chi connectivity index (χ1n) is 21.1. The molecule has 0 N–H and O–H groups in total. The fraction of sp³-hybridized carbons (Fsp3) is 0. The van der Waals surface area contributed by atoms with Gasteiger partial charge in [0.2, 0.25) is 0 Å². The number of rotatable bonds is 6. The number of anilines is 6. The van der Waals surface area contributed by atoms with Gasteiger partial charge in [0.1, 0.15) is 22.3 Å². The zero-order valence-electron chi connectivity index (χ0n) is 33.5. The van der Waals surface area contributed by atoms with E-state index in [2.05, 4.69) is 216 Å². The van der Waals surface area contributed by atoms with E-state index in [0.29, 0.717) is 0 Å². The van der Waals surface area contributed by atoms with E-state index in [4.69, 9.17) is 8.83 Å². The molecule has 0 aliphatic rings. The average molecular weight is 793 g/mol. The summed E-state index contributed by atoms with van der Waals surface area (Å²) < 4.78 is 13.4. The van der Waals surface area contributed by atoms with Crippen LogP contribution < -0.4 is 9.80 Å². The molecule has 0 spiro atoms. The summed E-state index contributed by atoms with van der Waals surface area (Å²) in [7, 11) is 0. The highest BCUT2D eigenvalue weighted by molar-refractivity contribution is 6.28. The van der Waals surface area contributed by atoms with Gasteiger partial charge in [-0.3, -0.25) is 0 Å². The lowest BCUT2D eigenvalue weighted by Crippen LogP contribution is -2.09. The minimum absolute atomic E-state index is 0.845. The van der Waals surface area contributed by atoms with Gasteiger partial charge in [0.05, 0.1) is 0 Å². The van der Waals surface area contributed by atoms with E-state index in [1.807, 2.05) is 12.1 Å². The Morgan fingerprint density at radius 3 is 0.984 bits per heavy atom. The molecule has 2 heterocycles. The van der Waals surface area contributed by atoms with E-state index < -0.39 is 0 Å². The van der Waals surface area contributed by atoms with E-state index >= 15 is 0 Å². The van der Waals surface area contributed by atoms with Crippen molar-refractivity contribution in [3.63, 3.8) is 0 Å². The standard InChI is InChI=1S/C58H36N2O2/c1-3-15-45(16-4-1)59(47-23-19-37-11-7-9-13-39(37)29-47)49-25-21-41-33-51-55(35-43(41)31-49)61-53-27-28-54-58(57(51)53)52-34-42-22-26-50(32-44(42)36-56(52)62-54)60(46-17-5-2-6-18-46)48-24-20-38-12-8-10-14-40(38)30-48/h1-36H. The summed E-state index contributed by atoms with van der Waals surface area (Å²) in [6.45, 7) is 0. The molecule has 4 nitrogen and oxygen atoms in total. The van der Waals surface area contributed by atoms with Crippen molar-refractivity contribution in [2.75, 3.05) is 9.80 Å². The van der Waals surface area contributed by atoms with Gasteiger partial charge < -0.3 is 18.6 Å². The van der Waals surface area contributed by atoms with E-state index in [1.54, 1.807) is 0 Å². The molecule has 13 rings (SSSR count). The number of benzene rings is 11. The zero-order valence-corrected chi connectivity index (χ0v) is 33.5. The van der Waals surface area contributed by atoms with Gasteiger partial charge in [-0.2, -0.15) is 0 Å². The maximum atomic E-state index is 6.68. The van der Waals surface area contributed by atoms with Crippen LogP contribution in [0.5, 0.6) is 0 Å². The van der Waals surface area contributed by atoms with E-state index in [1.165, 1.54) is 21.5 Å². The minimum Gasteiger partial charge on any atom is -0.456 e. The smallest absolute Gasteiger partial charge is 0.136 e. The molecule has 0 amide bonds. The molecule has 13 aromatic rings. The van der Waals surface area contributed by atoms with Crippen LogP contribution in [0.1, 0.15) is 0 Å². The van der Waals surface area contributed by atoms with Crippen LogP contribution in [0.25, 0.3) is 87.0 Å². The van der Waals surface area contributed by atoms with Crippen molar-refractivity contribution in [3.05, 3.63) is 218 Å². The molecule has 0 unspecified atom stereocenters. The third kappa shape index (κ3) is 5.54. The molecule has 0 aliphatic heterocycles. The minimum atomic E-state index is 0.845. The number of hydrogen-bond acceptors (Lipinski definition) is 4. The molecule has 0 aliphatic carbocycles. The molecule has 11 aromatic carbocycles. The molecule has 2 aromatic heterocycles. The van der Waals surface area contributed by atoms with Crippen LogP contribution in [0.15, 0.2) is 227 Å². The van der Waals surface area contributed by atoms with Crippen molar-refractivity contribution in [2.45, 2.75) is 0 Å². The molecule has 4 heteroatoms. The Bertz CT molecular complexity index is 3630. The zero-order chi connectivity index (χ0) is 40.7. The largest absolute Gasteiger partial charge is 0.456 e. The number of furan rings is 2. The van der Waals surface area contributed by atoms with Crippen molar-refractivity contribution >= 4 is 121 Å². The van der Waals surface area contributed by atoms with Crippen molar-refractivity contribution in [1.29, 1.82) is 0 Å². The van der Waals surface area contributed by atoms with Crippen LogP contribution in [-0.4, -0.2) is 0 Å². The second kappa shape index (κ2) is 13.6. The Morgan fingerprint density at radius 2 is 0.565 bits per heavy atom. The molecule has 0 fully saturated rings. The van der Waals surface area contributed by atoms with Crippen LogP contribution in [-0.2, 0) is 0 Å². The highest BCUT2D eigenvalue weighted by Gasteiger charge is 2.20. The number of fused-ring (bicyclic) bond motifs is 11. The van der Waals surface area contributed by atoms with E-state index in [-0.39, 0.29) is 0 Å². The van der Waals surface area contributed by atoms with Crippen molar-refractivity contribution in [2.24, 2.45) is 0 Å². The fourth-order valence-electron chi connectivity index (χ4n) is 9.55. The lowest BCUT2D eigenvalue weighted by molar-refractivity contribution is 0.663. The second-order valence-corrected chi connectivity index (χ2v) is 16.2. The van der Waals surface area contributed by atoms with Gasteiger partial charge in [0, 0.05) is 55.7 Å². The van der Waals surface area contributed by atoms with Gasteiger partial charge in [-0.1, -0.05) is 109 Å². The predicted molar refractivity (Wildman–Crippen MR) is 260 cm³/mol. The Morgan fingerprint density at radius 1 is 0.226 bits per heavy atom. The van der Waals surface area contributed by atoms with Gasteiger partial charge in [-0.25, -0.2) is 0 Å². The first-order chi connectivity index (χ1) is 30.7. The summed E-state index contributed by atoms with van der Waals surface area (Å²) in [5, 5.41) is 13.7. The SMILES string of the molecule is c1ccc(N(c2ccc3ccccc3c2)c2ccc3cc4c(cc3c2)oc2ccc3oc5cc6cc(N(c7ccccc7)c7ccc8ccccc8c7)ccc6cc5c3c24)cc1. The van der Waals surface area contributed by atoms with Crippen LogP contribution >= 0.6 is 0 Å². The van der Waals surface area contributed by atoms with E-state index in [9.17, 15) is 0 Å². The molecule has 0 saturated heterocycles. The van der Waals surface area contributed by atoms with Crippen LogP contribution in [0.4, 0.5) is 34.1 Å². The van der Waals surface area contributed by atoms with Gasteiger partial charge in [0.25, 0.3) is 0 Å². The first-order valence-corrected chi connectivity index (χ1v) is 21.1. The Kier molecular flexibility index (Phi) is 7.57. The highest BCUT2D eigenvalue weighted by Crippen LogP contribution is 2.45. The Hall–Kier alpha value is -8.34.